The van der Waals surface area contributed by atoms with Crippen molar-refractivity contribution in [1.29, 1.82) is 0 Å². The van der Waals surface area contributed by atoms with E-state index in [-0.39, 0.29) is 20.9 Å². The van der Waals surface area contributed by atoms with Crippen molar-refractivity contribution >= 4 is 45.0 Å². The second-order valence-electron chi connectivity index (χ2n) is 5.37. The molecule has 1 aromatic rings. The average Bonchev–Trinajstić information content (AvgIpc) is 3.09. The molecule has 0 saturated heterocycles. The van der Waals surface area contributed by atoms with Crippen LogP contribution in [0.3, 0.4) is 0 Å². The molecule has 0 atom stereocenters. The van der Waals surface area contributed by atoms with Crippen LogP contribution in [0.2, 0.25) is 5.15 Å². The normalized spacial score (nSPS) is 18.0. The summed E-state index contributed by atoms with van der Waals surface area (Å²) in [6.45, 7) is -0.698. The number of rotatable bonds is 3. The number of halogens is 5. The van der Waals surface area contributed by atoms with Crippen LogP contribution in [0.15, 0.2) is 39.2 Å². The van der Waals surface area contributed by atoms with Crippen LogP contribution < -0.4 is 9.62 Å². The second-order valence-corrected chi connectivity index (χ2v) is 7.78. The van der Waals surface area contributed by atoms with Crippen molar-refractivity contribution in [3.8, 4) is 0 Å². The quantitative estimate of drug-likeness (QED) is 0.556. The number of hydrogen-bond acceptors (Lipinski definition) is 7. The van der Waals surface area contributed by atoms with Crippen LogP contribution in [0.5, 0.6) is 0 Å². The average molecular weight is 445 g/mol. The van der Waals surface area contributed by atoms with Gasteiger partial charge >= 0.3 is 12.1 Å². The molecule has 145 valence electrons. The molecule has 0 spiro atoms. The first-order chi connectivity index (χ1) is 12.4. The van der Waals surface area contributed by atoms with Gasteiger partial charge in [0.1, 0.15) is 9.93 Å². The maximum atomic E-state index is 12.8. The molecule has 2 aliphatic heterocycles. The van der Waals surface area contributed by atoms with Crippen molar-refractivity contribution in [2.75, 3.05) is 6.67 Å². The second kappa shape index (κ2) is 6.51. The Labute approximate surface area is 160 Å². The third-order valence-corrected chi connectivity index (χ3v) is 5.38. The van der Waals surface area contributed by atoms with E-state index in [2.05, 4.69) is 10.1 Å². The number of carbonyl (C=O) groups is 1. The molecule has 2 aliphatic rings. The summed E-state index contributed by atoms with van der Waals surface area (Å²) in [6, 6.07) is 0. The van der Waals surface area contributed by atoms with Crippen LogP contribution in [-0.2, 0) is 21.9 Å². The molecule has 9 nitrogen and oxygen atoms in total. The van der Waals surface area contributed by atoms with Gasteiger partial charge in [0.25, 0.3) is 15.9 Å². The first kappa shape index (κ1) is 19.7. The summed E-state index contributed by atoms with van der Waals surface area (Å²) in [5.41, 5.74) is -0.441. The first-order valence-electron chi connectivity index (χ1n) is 6.93. The van der Waals surface area contributed by atoms with E-state index in [0.717, 1.165) is 22.0 Å². The van der Waals surface area contributed by atoms with E-state index < -0.39 is 39.5 Å². The zero-order valence-corrected chi connectivity index (χ0v) is 15.5. The summed E-state index contributed by atoms with van der Waals surface area (Å²) in [7, 11) is -2.94. The molecule has 27 heavy (non-hydrogen) atoms. The maximum Gasteiger partial charge on any atom is 0.488 e. The maximum absolute atomic E-state index is 12.8. The van der Waals surface area contributed by atoms with Gasteiger partial charge in [0, 0.05) is 19.4 Å². The van der Waals surface area contributed by atoms with E-state index in [4.69, 9.17) is 23.2 Å². The standard InChI is InChI=1S/C12H9Cl2F3N6O3S/c1-21-4-8(9(14)19-21)27(25,26)20-11(24)7-3-22-5-23(12(15,16)17)2-6(13)10(22)18-7/h2-4H,5H2,1H3,(H,20,24)/q+1. The highest BCUT2D eigenvalue weighted by atomic mass is 35.5. The fourth-order valence-electron chi connectivity index (χ4n) is 2.23. The minimum atomic E-state index is -4.69. The van der Waals surface area contributed by atoms with Crippen LogP contribution in [0, 0.1) is 0 Å². The third kappa shape index (κ3) is 3.81. The molecule has 1 radical (unpaired) electrons. The van der Waals surface area contributed by atoms with Gasteiger partial charge in [0.15, 0.2) is 17.1 Å². The molecule has 0 fully saturated rings. The molecule has 1 amide bonds. The van der Waals surface area contributed by atoms with Crippen molar-refractivity contribution in [2.45, 2.75) is 11.2 Å². The van der Waals surface area contributed by atoms with Crippen LogP contribution in [0.1, 0.15) is 0 Å². The Balaban J connectivity index is 1.82. The molecular weight excluding hydrogens is 436 g/mol. The summed E-state index contributed by atoms with van der Waals surface area (Å²) in [6.07, 6.45) is -2.03. The SMILES string of the molecule is Cn1cc(S(=O)(=O)NC(=O)C2=C[N+]3CN(C(F)(F)F)C=C(Cl)C3=N2)c(Cl)n1. The fraction of sp³-hybridized carbons (Fsp3) is 0.250. The lowest BCUT2D eigenvalue weighted by atomic mass is 10.4. The number of amidine groups is 1. The number of aryl methyl sites for hydroxylation is 1. The Morgan fingerprint density at radius 2 is 2.04 bits per heavy atom. The highest BCUT2D eigenvalue weighted by Gasteiger charge is 2.47. The van der Waals surface area contributed by atoms with Gasteiger partial charge in [0.05, 0.1) is 0 Å². The highest BCUT2D eigenvalue weighted by Crippen LogP contribution is 2.30. The number of amides is 1. The molecule has 3 rings (SSSR count). The number of sulfonamides is 1. The van der Waals surface area contributed by atoms with Gasteiger partial charge in [0.2, 0.25) is 6.67 Å². The number of nitrogens with zero attached hydrogens (tertiary/aromatic N) is 5. The largest absolute Gasteiger partial charge is 0.488 e. The van der Waals surface area contributed by atoms with E-state index >= 15 is 0 Å². The van der Waals surface area contributed by atoms with Gasteiger partial charge in [-0.3, -0.25) is 9.48 Å². The lowest BCUT2D eigenvalue weighted by molar-refractivity contribution is -0.230. The first-order valence-corrected chi connectivity index (χ1v) is 9.17. The molecule has 0 aliphatic carbocycles. The lowest BCUT2D eigenvalue weighted by Gasteiger charge is -2.25. The van der Waals surface area contributed by atoms with E-state index in [0.29, 0.717) is 6.20 Å². The topological polar surface area (TPSA) is 103 Å². The Hall–Kier alpha value is -2.09. The van der Waals surface area contributed by atoms with Gasteiger partial charge in [-0.1, -0.05) is 28.1 Å². The highest BCUT2D eigenvalue weighted by molar-refractivity contribution is 7.90. The minimum absolute atomic E-state index is 0.0160. The predicted molar refractivity (Wildman–Crippen MR) is 87.9 cm³/mol. The molecule has 15 heteroatoms. The van der Waals surface area contributed by atoms with Crippen LogP contribution in [0.25, 0.3) is 0 Å². The van der Waals surface area contributed by atoms with Crippen molar-refractivity contribution in [1.82, 2.24) is 24.3 Å². The number of aliphatic imine (C=N–C) groups is 1. The fourth-order valence-corrected chi connectivity index (χ4v) is 3.98. The Morgan fingerprint density at radius 1 is 1.37 bits per heavy atom. The Kier molecular flexibility index (Phi) is 4.74. The molecule has 0 bridgehead atoms. The molecule has 1 aromatic heterocycles. The third-order valence-electron chi connectivity index (χ3n) is 3.39. The summed E-state index contributed by atoms with van der Waals surface area (Å²) in [5, 5.41) is 2.93. The number of carbonyl (C=O) groups excluding carboxylic acids is 1. The molecule has 3 heterocycles. The van der Waals surface area contributed by atoms with Crippen molar-refractivity contribution in [3.63, 3.8) is 0 Å². The number of aromatic nitrogens is 2. The Morgan fingerprint density at radius 3 is 2.59 bits per heavy atom. The van der Waals surface area contributed by atoms with Crippen molar-refractivity contribution < 1.29 is 26.4 Å². The molecule has 0 aromatic carbocycles. The number of alkyl halides is 3. The van der Waals surface area contributed by atoms with Crippen molar-refractivity contribution in [2.24, 2.45) is 12.0 Å². The van der Waals surface area contributed by atoms with E-state index in [1.807, 2.05) is 0 Å². The van der Waals surface area contributed by atoms with Crippen LogP contribution in [-0.4, -0.2) is 47.8 Å². The summed E-state index contributed by atoms with van der Waals surface area (Å²) in [4.78, 5) is 16.5. The number of nitrogens with one attached hydrogen (secondary N) is 1. The summed E-state index contributed by atoms with van der Waals surface area (Å²) in [5.74, 6) is -1.28. The van der Waals surface area contributed by atoms with Crippen LogP contribution >= 0.6 is 23.2 Å². The zero-order valence-electron chi connectivity index (χ0n) is 13.2. The van der Waals surface area contributed by atoms with E-state index in [9.17, 15) is 26.4 Å². The smallest absolute Gasteiger partial charge is 0.273 e. The Bertz CT molecular complexity index is 1010. The van der Waals surface area contributed by atoms with Gasteiger partial charge in [-0.25, -0.2) is 18.0 Å². The van der Waals surface area contributed by atoms with Crippen LogP contribution in [0.4, 0.5) is 13.2 Å². The lowest BCUT2D eigenvalue weighted by Crippen LogP contribution is -2.48. The molecular formula is C12H9Cl2F3N6O3S+. The zero-order chi connectivity index (χ0) is 20.1. The summed E-state index contributed by atoms with van der Waals surface area (Å²) >= 11 is 11.5. The van der Waals surface area contributed by atoms with Gasteiger partial charge in [-0.15, -0.1) is 13.2 Å². The number of hydrogen-bond donors (Lipinski definition) is 1. The molecule has 0 saturated carbocycles. The van der Waals surface area contributed by atoms with E-state index in [1.165, 1.54) is 7.05 Å². The van der Waals surface area contributed by atoms with Gasteiger partial charge in [-0.2, -0.15) is 10.1 Å². The molecule has 1 N–H and O–H groups in total. The number of fused-ring (bicyclic) bond motifs is 1. The van der Waals surface area contributed by atoms with Gasteiger partial charge in [-0.05, 0) is 0 Å². The molecule has 0 unspecified atom stereocenters. The van der Waals surface area contributed by atoms with Crippen molar-refractivity contribution in [3.05, 3.63) is 34.5 Å². The summed E-state index contributed by atoms with van der Waals surface area (Å²) < 4.78 is 65.8. The monoisotopic (exact) mass is 444 g/mol. The van der Waals surface area contributed by atoms with Gasteiger partial charge < -0.3 is 0 Å². The predicted octanol–water partition coefficient (Wildman–Crippen LogP) is 1.15. The van der Waals surface area contributed by atoms with E-state index in [1.54, 1.807) is 4.72 Å². The minimum Gasteiger partial charge on any atom is -0.273 e.